The molecule has 0 saturated heterocycles. The molecule has 0 fully saturated rings. The molecule has 0 spiro atoms. The summed E-state index contributed by atoms with van der Waals surface area (Å²) in [6.07, 6.45) is -2.96. The molecule has 0 aromatic heterocycles. The first-order chi connectivity index (χ1) is 15.1. The fraction of sp³-hybridized carbons (Fsp3) is 0.273. The van der Waals surface area contributed by atoms with Crippen molar-refractivity contribution in [2.75, 3.05) is 7.05 Å². The van der Waals surface area contributed by atoms with Gasteiger partial charge in [0.2, 0.25) is 0 Å². The Kier molecular flexibility index (Phi) is 10.4. The smallest absolute Gasteiger partial charge is 0.406 e. The number of amidine groups is 1. The third kappa shape index (κ3) is 9.30. The molecule has 0 aliphatic rings. The average Bonchev–Trinajstić information content (AvgIpc) is 2.77. The lowest BCUT2D eigenvalue weighted by molar-refractivity contribution is -0.274. The number of nitrogens with two attached hydrogens (primary N) is 1. The quantitative estimate of drug-likeness (QED) is 0.428. The van der Waals surface area contributed by atoms with Gasteiger partial charge in [0.1, 0.15) is 5.75 Å². The zero-order valence-electron chi connectivity index (χ0n) is 17.8. The minimum absolute atomic E-state index is 0.0197. The summed E-state index contributed by atoms with van der Waals surface area (Å²) in [5, 5.41) is 12.2. The lowest BCUT2D eigenvalue weighted by Crippen LogP contribution is -2.27. The van der Waals surface area contributed by atoms with Crippen molar-refractivity contribution in [3.63, 3.8) is 0 Å². The van der Waals surface area contributed by atoms with Crippen LogP contribution >= 0.6 is 0 Å². The number of nitrogens with zero attached hydrogens (tertiary/aromatic N) is 4. The number of halogens is 3. The Balaban J connectivity index is 0.000000363. The van der Waals surface area contributed by atoms with Crippen molar-refractivity contribution in [1.82, 2.24) is 0 Å². The Morgan fingerprint density at radius 3 is 2.22 bits per heavy atom. The molecule has 0 radical (unpaired) electrons. The molecule has 2 rings (SSSR count). The highest BCUT2D eigenvalue weighted by molar-refractivity contribution is 6.02. The van der Waals surface area contributed by atoms with E-state index in [2.05, 4.69) is 25.9 Å². The fourth-order valence-corrected chi connectivity index (χ4v) is 2.45. The van der Waals surface area contributed by atoms with Gasteiger partial charge in [-0.25, -0.2) is 4.99 Å². The molecule has 2 N–H and O–H groups in total. The Bertz CT molecular complexity index is 992. The zero-order valence-corrected chi connectivity index (χ0v) is 17.8. The van der Waals surface area contributed by atoms with Gasteiger partial charge in [-0.15, -0.1) is 18.7 Å². The summed E-state index contributed by atoms with van der Waals surface area (Å²) in [5.74, 6) is -0.624. The van der Waals surface area contributed by atoms with Gasteiger partial charge in [0.05, 0.1) is 18.4 Å². The second-order valence-corrected chi connectivity index (χ2v) is 6.33. The molecule has 7 nitrogen and oxygen atoms in total. The standard InChI is InChI=1S/C14H15N5O.C8H7F3O/c1-3-18-14(17-2)11-6-4-10(5-7-11)12(9-15)8-13(20)19-16;1-6-2-4-7(5-3-6)12-8(9,10)11/h3-7,12,16H,8H2,1-2H3;2-5H,1H3/p+1. The SMILES string of the molecule is CC=NC(=NC)c1ccc(C(C#N)CC(=O)N=[NH2+])cc1.Cc1ccc(OC(F)(F)F)cc1. The van der Waals surface area contributed by atoms with Gasteiger partial charge < -0.3 is 4.74 Å². The zero-order chi connectivity index (χ0) is 24.1. The number of aliphatic imine (C=N–C) groups is 2. The molecule has 0 bridgehead atoms. The molecule has 0 aliphatic heterocycles. The predicted octanol–water partition coefficient (Wildman–Crippen LogP) is 3.78. The number of rotatable bonds is 5. The summed E-state index contributed by atoms with van der Waals surface area (Å²) >= 11 is 0. The maximum Gasteiger partial charge on any atom is 0.573 e. The predicted molar refractivity (Wildman–Crippen MR) is 113 cm³/mol. The van der Waals surface area contributed by atoms with Crippen LogP contribution in [-0.4, -0.2) is 31.4 Å². The first-order valence-electron chi connectivity index (χ1n) is 9.35. The number of carbonyl (C=O) groups excluding carboxylic acids is 1. The number of hydrogen-bond donors (Lipinski definition) is 1. The summed E-state index contributed by atoms with van der Waals surface area (Å²) in [6, 6.07) is 14.9. The summed E-state index contributed by atoms with van der Waals surface area (Å²) < 4.78 is 38.5. The lowest BCUT2D eigenvalue weighted by atomic mass is 9.96. The first kappa shape index (κ1) is 26.2. The maximum atomic E-state index is 11.6. The van der Waals surface area contributed by atoms with E-state index in [9.17, 15) is 18.0 Å². The molecular weight excluding hydrogens is 423 g/mol. The Hall–Kier alpha value is -3.87. The van der Waals surface area contributed by atoms with Crippen LogP contribution in [0.25, 0.3) is 0 Å². The van der Waals surface area contributed by atoms with Gasteiger partial charge in [0, 0.05) is 23.9 Å². The molecule has 10 heteroatoms. The largest absolute Gasteiger partial charge is 0.573 e. The van der Waals surface area contributed by atoms with E-state index >= 15 is 0 Å². The van der Waals surface area contributed by atoms with Gasteiger partial charge in [-0.1, -0.05) is 42.0 Å². The second-order valence-electron chi connectivity index (χ2n) is 6.33. The van der Waals surface area contributed by atoms with Gasteiger partial charge in [0.15, 0.2) is 5.84 Å². The minimum atomic E-state index is -4.60. The van der Waals surface area contributed by atoms with Crippen LogP contribution in [0.4, 0.5) is 13.2 Å². The van der Waals surface area contributed by atoms with Crippen LogP contribution in [0.5, 0.6) is 5.75 Å². The highest BCUT2D eigenvalue weighted by atomic mass is 19.4. The van der Waals surface area contributed by atoms with E-state index < -0.39 is 18.2 Å². The van der Waals surface area contributed by atoms with Crippen molar-refractivity contribution < 1.29 is 28.2 Å². The number of amides is 1. The molecule has 1 atom stereocenters. The van der Waals surface area contributed by atoms with E-state index in [-0.39, 0.29) is 12.2 Å². The molecule has 0 saturated carbocycles. The van der Waals surface area contributed by atoms with Gasteiger partial charge in [0.25, 0.3) is 0 Å². The monoisotopic (exact) mass is 446 g/mol. The van der Waals surface area contributed by atoms with Crippen molar-refractivity contribution in [3.05, 3.63) is 65.2 Å². The molecule has 2 aromatic carbocycles. The number of hydrogen-bond acceptors (Lipinski definition) is 4. The summed E-state index contributed by atoms with van der Waals surface area (Å²) in [4.78, 5) is 19.4. The number of carbonyl (C=O) groups is 1. The van der Waals surface area contributed by atoms with Crippen LogP contribution < -0.4 is 10.3 Å². The van der Waals surface area contributed by atoms with Crippen LogP contribution in [0.1, 0.15) is 36.0 Å². The number of benzene rings is 2. The number of nitriles is 1. The van der Waals surface area contributed by atoms with Crippen LogP contribution in [-0.2, 0) is 4.79 Å². The highest BCUT2D eigenvalue weighted by Gasteiger charge is 2.30. The molecule has 2 aromatic rings. The van der Waals surface area contributed by atoms with Crippen LogP contribution in [0, 0.1) is 18.3 Å². The molecule has 32 heavy (non-hydrogen) atoms. The molecular formula is C22H23F3N5O2+. The molecule has 168 valence electrons. The number of aryl methyl sites for hydroxylation is 1. The van der Waals surface area contributed by atoms with E-state index in [0.29, 0.717) is 5.84 Å². The topological polar surface area (TPSA) is 113 Å². The van der Waals surface area contributed by atoms with E-state index in [1.54, 1.807) is 44.5 Å². The minimum Gasteiger partial charge on any atom is -0.406 e. The Morgan fingerprint density at radius 1 is 1.19 bits per heavy atom. The van der Waals surface area contributed by atoms with E-state index in [1.807, 2.05) is 19.1 Å². The molecule has 0 heterocycles. The number of ether oxygens (including phenoxy) is 1. The van der Waals surface area contributed by atoms with Crippen molar-refractivity contribution in [1.29, 1.82) is 5.26 Å². The van der Waals surface area contributed by atoms with Gasteiger partial charge in [-0.05, 0) is 31.5 Å². The third-order valence-corrected chi connectivity index (χ3v) is 3.97. The van der Waals surface area contributed by atoms with Crippen molar-refractivity contribution in [3.8, 4) is 11.8 Å². The van der Waals surface area contributed by atoms with Crippen LogP contribution in [0.3, 0.4) is 0 Å². The maximum absolute atomic E-state index is 11.6. The van der Waals surface area contributed by atoms with Crippen LogP contribution in [0.2, 0.25) is 0 Å². The summed E-state index contributed by atoms with van der Waals surface area (Å²) in [6.45, 7) is 3.60. The van der Waals surface area contributed by atoms with Gasteiger partial charge in [-0.2, -0.15) is 5.26 Å². The second kappa shape index (κ2) is 12.7. The van der Waals surface area contributed by atoms with Crippen molar-refractivity contribution in [2.24, 2.45) is 15.1 Å². The normalized spacial score (nSPS) is 12.3. The highest BCUT2D eigenvalue weighted by Crippen LogP contribution is 2.22. The fourth-order valence-electron chi connectivity index (χ4n) is 2.45. The molecule has 1 unspecified atom stereocenters. The number of alkyl halides is 3. The van der Waals surface area contributed by atoms with E-state index in [4.69, 9.17) is 10.8 Å². The van der Waals surface area contributed by atoms with Gasteiger partial charge >= 0.3 is 12.3 Å². The van der Waals surface area contributed by atoms with Crippen LogP contribution in [0.15, 0.2) is 63.6 Å². The molecule has 0 aliphatic carbocycles. The summed E-state index contributed by atoms with van der Waals surface area (Å²) in [5.41, 5.74) is 7.38. The Morgan fingerprint density at radius 2 is 1.78 bits per heavy atom. The molecule has 1 amide bonds. The summed E-state index contributed by atoms with van der Waals surface area (Å²) in [7, 11) is 1.66. The Labute approximate surface area is 183 Å². The van der Waals surface area contributed by atoms with Crippen molar-refractivity contribution >= 4 is 18.0 Å². The van der Waals surface area contributed by atoms with E-state index in [1.165, 1.54) is 12.1 Å². The van der Waals surface area contributed by atoms with E-state index in [0.717, 1.165) is 16.7 Å². The third-order valence-electron chi connectivity index (χ3n) is 3.97. The van der Waals surface area contributed by atoms with Gasteiger partial charge in [-0.3, -0.25) is 9.79 Å². The lowest BCUT2D eigenvalue weighted by Gasteiger charge is -2.08. The van der Waals surface area contributed by atoms with Crippen molar-refractivity contribution in [2.45, 2.75) is 32.5 Å². The average molecular weight is 446 g/mol. The first-order valence-corrected chi connectivity index (χ1v) is 9.35.